The van der Waals surface area contributed by atoms with Crippen LogP contribution in [0.2, 0.25) is 0 Å². The Kier molecular flexibility index (Phi) is 5.35. The summed E-state index contributed by atoms with van der Waals surface area (Å²) in [6.07, 6.45) is 1.52. The zero-order valence-corrected chi connectivity index (χ0v) is 15.0. The van der Waals surface area contributed by atoms with E-state index in [4.69, 9.17) is 14.2 Å². The number of rotatable bonds is 6. The van der Waals surface area contributed by atoms with E-state index in [-0.39, 0.29) is 17.2 Å². The first kappa shape index (κ1) is 18.4. The quantitative estimate of drug-likeness (QED) is 0.438. The molecule has 27 heavy (non-hydrogen) atoms. The van der Waals surface area contributed by atoms with Crippen LogP contribution < -0.4 is 9.47 Å². The molecule has 1 aliphatic rings. The molecule has 138 valence electrons. The van der Waals surface area contributed by atoms with E-state index < -0.39 is 11.8 Å². The van der Waals surface area contributed by atoms with E-state index in [9.17, 15) is 9.18 Å². The normalized spacial score (nSPS) is 14.7. The Bertz CT molecular complexity index is 962. The number of nitrogens with zero attached hydrogens (tertiary/aromatic N) is 1. The minimum atomic E-state index is -0.665. The van der Waals surface area contributed by atoms with Crippen molar-refractivity contribution in [2.75, 3.05) is 13.7 Å². The molecule has 5 nitrogen and oxygen atoms in total. The first-order valence-corrected chi connectivity index (χ1v) is 8.21. The predicted molar refractivity (Wildman–Crippen MR) is 100 cm³/mol. The molecule has 0 atom stereocenters. The van der Waals surface area contributed by atoms with Crippen LogP contribution in [0.5, 0.6) is 11.5 Å². The molecule has 6 heteroatoms. The van der Waals surface area contributed by atoms with Gasteiger partial charge in [-0.1, -0.05) is 30.8 Å². The molecule has 0 amide bonds. The summed E-state index contributed by atoms with van der Waals surface area (Å²) in [5.41, 5.74) is 1.58. The maximum atomic E-state index is 13.9. The second-order valence-corrected chi connectivity index (χ2v) is 5.94. The Balaban J connectivity index is 2.00. The second-order valence-electron chi connectivity index (χ2n) is 5.94. The largest absolute Gasteiger partial charge is 0.493 e. The topological polar surface area (TPSA) is 57.1 Å². The van der Waals surface area contributed by atoms with Crippen LogP contribution in [-0.4, -0.2) is 25.6 Å². The summed E-state index contributed by atoms with van der Waals surface area (Å²) in [7, 11) is 1.53. The summed E-state index contributed by atoms with van der Waals surface area (Å²) < 4.78 is 30.1. The molecule has 0 unspecified atom stereocenters. The van der Waals surface area contributed by atoms with Crippen LogP contribution in [0.3, 0.4) is 0 Å². The van der Waals surface area contributed by atoms with Gasteiger partial charge < -0.3 is 14.2 Å². The zero-order valence-electron chi connectivity index (χ0n) is 15.0. The number of cyclic esters (lactones) is 1. The lowest BCUT2D eigenvalue weighted by Gasteiger charge is -2.13. The Morgan fingerprint density at radius 2 is 2.04 bits per heavy atom. The zero-order chi connectivity index (χ0) is 19.4. The average molecular weight is 367 g/mol. The maximum Gasteiger partial charge on any atom is 0.363 e. The van der Waals surface area contributed by atoms with Crippen LogP contribution in [0.25, 0.3) is 6.08 Å². The molecule has 0 bridgehead atoms. The van der Waals surface area contributed by atoms with Gasteiger partial charge in [-0.2, -0.15) is 0 Å². The van der Waals surface area contributed by atoms with Crippen LogP contribution in [0.4, 0.5) is 4.39 Å². The molecule has 2 aromatic carbocycles. The molecule has 0 saturated heterocycles. The molecule has 0 N–H and O–H groups in total. The third-order valence-corrected chi connectivity index (χ3v) is 3.71. The van der Waals surface area contributed by atoms with Crippen LogP contribution in [0, 0.1) is 5.82 Å². The van der Waals surface area contributed by atoms with Crippen molar-refractivity contribution in [3.63, 3.8) is 0 Å². The van der Waals surface area contributed by atoms with Crippen molar-refractivity contribution in [3.05, 3.63) is 77.3 Å². The van der Waals surface area contributed by atoms with Crippen LogP contribution in [-0.2, 0) is 9.53 Å². The van der Waals surface area contributed by atoms with Crippen molar-refractivity contribution >= 4 is 17.9 Å². The van der Waals surface area contributed by atoms with Gasteiger partial charge in [-0.05, 0) is 36.8 Å². The Hall–Kier alpha value is -3.41. The first-order valence-electron chi connectivity index (χ1n) is 8.21. The molecule has 0 aromatic heterocycles. The van der Waals surface area contributed by atoms with E-state index >= 15 is 0 Å². The molecule has 0 spiro atoms. The van der Waals surface area contributed by atoms with E-state index in [0.29, 0.717) is 23.7 Å². The lowest BCUT2D eigenvalue weighted by Crippen LogP contribution is -2.07. The molecule has 0 aliphatic carbocycles. The average Bonchev–Trinajstić information content (AvgIpc) is 3.01. The van der Waals surface area contributed by atoms with Gasteiger partial charge in [-0.15, -0.1) is 0 Å². The third-order valence-electron chi connectivity index (χ3n) is 3.71. The monoisotopic (exact) mass is 367 g/mol. The van der Waals surface area contributed by atoms with Crippen molar-refractivity contribution < 1.29 is 23.4 Å². The van der Waals surface area contributed by atoms with Gasteiger partial charge in [0.1, 0.15) is 12.4 Å². The first-order chi connectivity index (χ1) is 13.0. The predicted octanol–water partition coefficient (Wildman–Crippen LogP) is 4.13. The highest BCUT2D eigenvalue weighted by Gasteiger charge is 2.26. The van der Waals surface area contributed by atoms with Gasteiger partial charge in [-0.3, -0.25) is 0 Å². The van der Waals surface area contributed by atoms with Gasteiger partial charge in [0.15, 0.2) is 17.2 Å². The van der Waals surface area contributed by atoms with Gasteiger partial charge in [0, 0.05) is 5.56 Å². The molecule has 3 rings (SSSR count). The van der Waals surface area contributed by atoms with Crippen molar-refractivity contribution in [1.29, 1.82) is 0 Å². The maximum absolute atomic E-state index is 13.9. The minimum Gasteiger partial charge on any atom is -0.493 e. The number of ether oxygens (including phenoxy) is 3. The molecule has 1 aliphatic heterocycles. The summed E-state index contributed by atoms with van der Waals surface area (Å²) in [6.45, 7) is 5.95. The van der Waals surface area contributed by atoms with Gasteiger partial charge in [-0.25, -0.2) is 14.2 Å². The number of hydrogen-bond donors (Lipinski definition) is 0. The summed E-state index contributed by atoms with van der Waals surface area (Å²) in [5.74, 6) is -0.288. The SMILES string of the molecule is C=C(C)COc1c(/C=C2\N=C(c3ccccc3F)OC2=O)cccc1OC. The van der Waals surface area contributed by atoms with Gasteiger partial charge >= 0.3 is 5.97 Å². The molecular formula is C21H18FNO4. The molecule has 0 radical (unpaired) electrons. The van der Waals surface area contributed by atoms with Crippen LogP contribution in [0.15, 0.2) is 65.3 Å². The fraction of sp³-hybridized carbons (Fsp3) is 0.143. The summed E-state index contributed by atoms with van der Waals surface area (Å²) >= 11 is 0. The Morgan fingerprint density at radius 3 is 2.74 bits per heavy atom. The molecule has 1 heterocycles. The number of benzene rings is 2. The molecule has 0 fully saturated rings. The molecular weight excluding hydrogens is 349 g/mol. The second kappa shape index (κ2) is 7.86. The van der Waals surface area contributed by atoms with Gasteiger partial charge in [0.05, 0.1) is 12.7 Å². The summed E-state index contributed by atoms with van der Waals surface area (Å²) in [4.78, 5) is 16.3. The highest BCUT2D eigenvalue weighted by molar-refractivity contribution is 6.13. The third kappa shape index (κ3) is 4.06. The highest BCUT2D eigenvalue weighted by atomic mass is 19.1. The van der Waals surface area contributed by atoms with E-state index in [1.54, 1.807) is 30.3 Å². The number of carbonyl (C=O) groups is 1. The fourth-order valence-corrected chi connectivity index (χ4v) is 2.46. The number of esters is 1. The van der Waals surface area contributed by atoms with E-state index in [2.05, 4.69) is 11.6 Å². The van der Waals surface area contributed by atoms with Crippen molar-refractivity contribution in [1.82, 2.24) is 0 Å². The van der Waals surface area contributed by atoms with Crippen LogP contribution in [0.1, 0.15) is 18.1 Å². The summed E-state index contributed by atoms with van der Waals surface area (Å²) in [6, 6.07) is 11.2. The van der Waals surface area contributed by atoms with Crippen LogP contribution >= 0.6 is 0 Å². The lowest BCUT2D eigenvalue weighted by molar-refractivity contribution is -0.129. The molecule has 2 aromatic rings. The molecule has 0 saturated carbocycles. The smallest absolute Gasteiger partial charge is 0.363 e. The summed E-state index contributed by atoms with van der Waals surface area (Å²) in [5, 5.41) is 0. The van der Waals surface area contributed by atoms with Crippen molar-refractivity contribution in [2.24, 2.45) is 4.99 Å². The number of methoxy groups -OCH3 is 1. The van der Waals surface area contributed by atoms with E-state index in [0.717, 1.165) is 5.57 Å². The number of para-hydroxylation sites is 1. The highest BCUT2D eigenvalue weighted by Crippen LogP contribution is 2.34. The van der Waals surface area contributed by atoms with Gasteiger partial charge in [0.2, 0.25) is 5.90 Å². The van der Waals surface area contributed by atoms with Crippen molar-refractivity contribution in [2.45, 2.75) is 6.92 Å². The van der Waals surface area contributed by atoms with Crippen molar-refractivity contribution in [3.8, 4) is 11.5 Å². The Morgan fingerprint density at radius 1 is 1.26 bits per heavy atom. The lowest BCUT2D eigenvalue weighted by atomic mass is 10.1. The van der Waals surface area contributed by atoms with E-state index in [1.165, 1.54) is 25.3 Å². The minimum absolute atomic E-state index is 0.0432. The van der Waals surface area contributed by atoms with Gasteiger partial charge in [0.25, 0.3) is 0 Å². The Labute approximate surface area is 156 Å². The number of carbonyl (C=O) groups excluding carboxylic acids is 1. The van der Waals surface area contributed by atoms with E-state index in [1.807, 2.05) is 6.92 Å². The number of hydrogen-bond acceptors (Lipinski definition) is 5. The standard InChI is InChI=1S/C21H18FNO4/c1-13(2)12-26-19-14(7-6-10-18(19)25-3)11-17-21(24)27-20(23-17)15-8-4-5-9-16(15)22/h4-11H,1,12H2,2-3H3/b17-11-. The fourth-order valence-electron chi connectivity index (χ4n) is 2.46. The number of aliphatic imine (C=N–C) groups is 1. The number of halogens is 1.